The van der Waals surface area contributed by atoms with Gasteiger partial charge in [-0.3, -0.25) is 0 Å². The van der Waals surface area contributed by atoms with Gasteiger partial charge >= 0.3 is 0 Å². The van der Waals surface area contributed by atoms with E-state index in [0.29, 0.717) is 17.7 Å². The fourth-order valence-corrected chi connectivity index (χ4v) is 2.42. The van der Waals surface area contributed by atoms with Crippen LogP contribution in [0.1, 0.15) is 29.2 Å². The Balaban J connectivity index is 2.10. The third-order valence-electron chi connectivity index (χ3n) is 3.45. The molecule has 0 saturated heterocycles. The van der Waals surface area contributed by atoms with Crippen molar-refractivity contribution in [2.45, 2.75) is 26.7 Å². The SMILES string of the molecule is CCc1ccc2c(c1F)Oc1ccc(C)cc1C2. The molecule has 0 aromatic heterocycles. The van der Waals surface area contributed by atoms with E-state index >= 15 is 0 Å². The van der Waals surface area contributed by atoms with E-state index in [1.165, 1.54) is 5.56 Å². The van der Waals surface area contributed by atoms with Crippen molar-refractivity contribution >= 4 is 0 Å². The molecule has 1 nitrogen and oxygen atoms in total. The van der Waals surface area contributed by atoms with E-state index in [1.807, 2.05) is 31.2 Å². The molecule has 0 radical (unpaired) electrons. The van der Waals surface area contributed by atoms with Crippen molar-refractivity contribution in [3.05, 3.63) is 58.4 Å². The Kier molecular flexibility index (Phi) is 2.58. The molecule has 0 unspecified atom stereocenters. The molecule has 0 N–H and O–H groups in total. The summed E-state index contributed by atoms with van der Waals surface area (Å²) in [5.41, 5.74) is 3.98. The van der Waals surface area contributed by atoms with Gasteiger partial charge in [-0.15, -0.1) is 0 Å². The van der Waals surface area contributed by atoms with Crippen LogP contribution < -0.4 is 4.74 Å². The standard InChI is InChI=1S/C16H15FO/c1-3-11-5-6-12-9-13-8-10(2)4-7-14(13)18-16(12)15(11)17/h4-8H,3,9H2,1-2H3. The molecule has 0 bridgehead atoms. The number of aryl methyl sites for hydroxylation is 2. The molecule has 1 aliphatic rings. The fourth-order valence-electron chi connectivity index (χ4n) is 2.42. The lowest BCUT2D eigenvalue weighted by molar-refractivity contribution is 0.420. The summed E-state index contributed by atoms with van der Waals surface area (Å²) in [5, 5.41) is 0. The maximum Gasteiger partial charge on any atom is 0.169 e. The van der Waals surface area contributed by atoms with Gasteiger partial charge in [-0.05, 0) is 30.5 Å². The maximum atomic E-state index is 14.2. The average molecular weight is 242 g/mol. The lowest BCUT2D eigenvalue weighted by Gasteiger charge is -2.22. The van der Waals surface area contributed by atoms with E-state index < -0.39 is 0 Å². The average Bonchev–Trinajstić information content (AvgIpc) is 2.37. The van der Waals surface area contributed by atoms with Gasteiger partial charge in [0.2, 0.25) is 0 Å². The minimum absolute atomic E-state index is 0.207. The number of hydrogen-bond donors (Lipinski definition) is 0. The number of hydrogen-bond acceptors (Lipinski definition) is 1. The van der Waals surface area contributed by atoms with Crippen molar-refractivity contribution in [2.75, 3.05) is 0 Å². The molecule has 92 valence electrons. The Morgan fingerprint density at radius 1 is 1.17 bits per heavy atom. The molecule has 2 aromatic rings. The van der Waals surface area contributed by atoms with Gasteiger partial charge in [0.25, 0.3) is 0 Å². The first-order valence-corrected chi connectivity index (χ1v) is 6.26. The number of rotatable bonds is 1. The molecule has 3 rings (SSSR count). The van der Waals surface area contributed by atoms with Gasteiger partial charge < -0.3 is 4.74 Å². The Bertz CT molecular complexity index is 617. The Morgan fingerprint density at radius 2 is 2.00 bits per heavy atom. The third-order valence-corrected chi connectivity index (χ3v) is 3.45. The molecule has 18 heavy (non-hydrogen) atoms. The van der Waals surface area contributed by atoms with Gasteiger partial charge in [-0.2, -0.15) is 0 Å². The van der Waals surface area contributed by atoms with Crippen LogP contribution in [0.25, 0.3) is 0 Å². The largest absolute Gasteiger partial charge is 0.454 e. The van der Waals surface area contributed by atoms with Gasteiger partial charge in [0.05, 0.1) is 0 Å². The van der Waals surface area contributed by atoms with Gasteiger partial charge in [0, 0.05) is 12.0 Å². The molecule has 0 fully saturated rings. The van der Waals surface area contributed by atoms with E-state index in [4.69, 9.17) is 4.74 Å². The third kappa shape index (κ3) is 1.69. The van der Waals surface area contributed by atoms with Crippen molar-refractivity contribution in [2.24, 2.45) is 0 Å². The molecule has 0 saturated carbocycles. The number of halogens is 1. The fraction of sp³-hybridized carbons (Fsp3) is 0.250. The molecule has 0 amide bonds. The summed E-state index contributed by atoms with van der Waals surface area (Å²) in [6.45, 7) is 4.00. The zero-order valence-electron chi connectivity index (χ0n) is 10.6. The second-order valence-electron chi connectivity index (χ2n) is 4.77. The molecular formula is C16H15FO. The molecule has 1 aliphatic heterocycles. The summed E-state index contributed by atoms with van der Waals surface area (Å²) in [7, 11) is 0. The van der Waals surface area contributed by atoms with Crippen LogP contribution in [0, 0.1) is 12.7 Å². The van der Waals surface area contributed by atoms with E-state index in [9.17, 15) is 4.39 Å². The Morgan fingerprint density at radius 3 is 2.78 bits per heavy atom. The first-order valence-electron chi connectivity index (χ1n) is 6.26. The van der Waals surface area contributed by atoms with Gasteiger partial charge in [-0.1, -0.05) is 36.8 Å². The van der Waals surface area contributed by atoms with E-state index in [2.05, 4.69) is 13.0 Å². The van der Waals surface area contributed by atoms with E-state index in [0.717, 1.165) is 23.3 Å². The predicted octanol–water partition coefficient (Wildman–Crippen LogP) is 4.39. The van der Waals surface area contributed by atoms with Crippen molar-refractivity contribution in [1.29, 1.82) is 0 Å². The lowest BCUT2D eigenvalue weighted by Crippen LogP contribution is -2.06. The number of benzene rings is 2. The van der Waals surface area contributed by atoms with Crippen LogP contribution in [0.15, 0.2) is 30.3 Å². The molecule has 1 heterocycles. The van der Waals surface area contributed by atoms with Gasteiger partial charge in [0.1, 0.15) is 5.75 Å². The lowest BCUT2D eigenvalue weighted by atomic mass is 9.97. The van der Waals surface area contributed by atoms with Crippen LogP contribution in [0.3, 0.4) is 0 Å². The molecule has 0 atom stereocenters. The van der Waals surface area contributed by atoms with Crippen LogP contribution in [0.5, 0.6) is 11.5 Å². The summed E-state index contributed by atoms with van der Waals surface area (Å²) in [5.74, 6) is 0.979. The summed E-state index contributed by atoms with van der Waals surface area (Å²) >= 11 is 0. The van der Waals surface area contributed by atoms with E-state index in [-0.39, 0.29) is 5.82 Å². The minimum Gasteiger partial charge on any atom is -0.454 e. The normalized spacial score (nSPS) is 12.6. The quantitative estimate of drug-likeness (QED) is 0.614. The van der Waals surface area contributed by atoms with Gasteiger partial charge in [0.15, 0.2) is 11.6 Å². The highest BCUT2D eigenvalue weighted by Gasteiger charge is 2.21. The van der Waals surface area contributed by atoms with Crippen LogP contribution in [0.4, 0.5) is 4.39 Å². The smallest absolute Gasteiger partial charge is 0.169 e. The first kappa shape index (κ1) is 11.3. The van der Waals surface area contributed by atoms with Crippen molar-refractivity contribution in [3.8, 4) is 11.5 Å². The van der Waals surface area contributed by atoms with Crippen LogP contribution in [0.2, 0.25) is 0 Å². The van der Waals surface area contributed by atoms with E-state index in [1.54, 1.807) is 0 Å². The molecule has 2 heteroatoms. The maximum absolute atomic E-state index is 14.2. The number of fused-ring (bicyclic) bond motifs is 2. The van der Waals surface area contributed by atoms with Crippen molar-refractivity contribution in [1.82, 2.24) is 0 Å². The molecular weight excluding hydrogens is 227 g/mol. The first-order chi connectivity index (χ1) is 8.69. The highest BCUT2D eigenvalue weighted by Crippen LogP contribution is 2.39. The second-order valence-corrected chi connectivity index (χ2v) is 4.77. The summed E-state index contributed by atoms with van der Waals surface area (Å²) in [6, 6.07) is 9.85. The minimum atomic E-state index is -0.207. The number of ether oxygens (including phenoxy) is 1. The summed E-state index contributed by atoms with van der Waals surface area (Å²) in [6.07, 6.45) is 1.43. The van der Waals surface area contributed by atoms with Crippen molar-refractivity contribution < 1.29 is 9.13 Å². The predicted molar refractivity (Wildman–Crippen MR) is 69.8 cm³/mol. The Labute approximate surface area is 106 Å². The van der Waals surface area contributed by atoms with Crippen LogP contribution in [-0.4, -0.2) is 0 Å². The van der Waals surface area contributed by atoms with Crippen LogP contribution >= 0.6 is 0 Å². The zero-order valence-corrected chi connectivity index (χ0v) is 10.6. The second kappa shape index (κ2) is 4.13. The molecule has 2 aromatic carbocycles. The summed E-state index contributed by atoms with van der Waals surface area (Å²) in [4.78, 5) is 0. The Hall–Kier alpha value is -1.83. The topological polar surface area (TPSA) is 9.23 Å². The summed E-state index contributed by atoms with van der Waals surface area (Å²) < 4.78 is 19.9. The molecule has 0 aliphatic carbocycles. The molecule has 0 spiro atoms. The highest BCUT2D eigenvalue weighted by molar-refractivity contribution is 5.52. The van der Waals surface area contributed by atoms with Gasteiger partial charge in [-0.25, -0.2) is 4.39 Å². The van der Waals surface area contributed by atoms with Crippen molar-refractivity contribution in [3.63, 3.8) is 0 Å². The highest BCUT2D eigenvalue weighted by atomic mass is 19.1. The zero-order chi connectivity index (χ0) is 12.7. The monoisotopic (exact) mass is 242 g/mol. The van der Waals surface area contributed by atoms with Crippen LogP contribution in [-0.2, 0) is 12.8 Å².